The van der Waals surface area contributed by atoms with Gasteiger partial charge < -0.3 is 4.74 Å². The lowest BCUT2D eigenvalue weighted by atomic mass is 10.2. The summed E-state index contributed by atoms with van der Waals surface area (Å²) in [5, 5.41) is 0. The number of carbonyl (C=O) groups excluding carboxylic acids is 1. The molecule has 0 unspecified atom stereocenters. The molecule has 3 heteroatoms. The fourth-order valence-electron chi connectivity index (χ4n) is 1.51. The molecule has 0 aliphatic carbocycles. The summed E-state index contributed by atoms with van der Waals surface area (Å²) in [6.45, 7) is 3.81. The van der Waals surface area contributed by atoms with Gasteiger partial charge in [-0.2, -0.15) is 0 Å². The molecule has 0 atom stereocenters. The minimum atomic E-state index is -0.160. The standard InChI is InChI=1S/C14H21NO2/c1-3-4-10-15(2)11-14(16)17-12-13-8-6-5-7-9-13/h5-9H,3-4,10-12H2,1-2H3. The van der Waals surface area contributed by atoms with Crippen LogP contribution in [-0.2, 0) is 16.1 Å². The molecule has 0 saturated carbocycles. The Bertz CT molecular complexity index is 324. The van der Waals surface area contributed by atoms with E-state index in [0.29, 0.717) is 13.2 Å². The minimum Gasteiger partial charge on any atom is -0.460 e. The smallest absolute Gasteiger partial charge is 0.320 e. The second-order valence-electron chi connectivity index (χ2n) is 4.24. The van der Waals surface area contributed by atoms with Gasteiger partial charge in [-0.05, 0) is 25.6 Å². The third-order valence-corrected chi connectivity index (χ3v) is 2.54. The Hall–Kier alpha value is -1.35. The quantitative estimate of drug-likeness (QED) is 0.680. The van der Waals surface area contributed by atoms with E-state index in [0.717, 1.165) is 24.9 Å². The highest BCUT2D eigenvalue weighted by molar-refractivity contribution is 5.71. The highest BCUT2D eigenvalue weighted by atomic mass is 16.5. The van der Waals surface area contributed by atoms with Crippen LogP contribution in [0, 0.1) is 0 Å². The Morgan fingerprint density at radius 3 is 2.65 bits per heavy atom. The van der Waals surface area contributed by atoms with Crippen molar-refractivity contribution in [3.05, 3.63) is 35.9 Å². The molecule has 0 saturated heterocycles. The van der Waals surface area contributed by atoms with Crippen LogP contribution < -0.4 is 0 Å². The highest BCUT2D eigenvalue weighted by Gasteiger charge is 2.07. The van der Waals surface area contributed by atoms with Crippen LogP contribution >= 0.6 is 0 Å². The van der Waals surface area contributed by atoms with Gasteiger partial charge in [-0.25, -0.2) is 0 Å². The molecule has 3 nitrogen and oxygen atoms in total. The zero-order chi connectivity index (χ0) is 12.5. The van der Waals surface area contributed by atoms with Gasteiger partial charge in [0.15, 0.2) is 0 Å². The van der Waals surface area contributed by atoms with Crippen LogP contribution in [0.3, 0.4) is 0 Å². The first-order chi connectivity index (χ1) is 8.22. The molecule has 0 aromatic heterocycles. The summed E-state index contributed by atoms with van der Waals surface area (Å²) in [6.07, 6.45) is 2.26. The molecule has 0 aliphatic rings. The van der Waals surface area contributed by atoms with E-state index in [2.05, 4.69) is 6.92 Å². The summed E-state index contributed by atoms with van der Waals surface area (Å²) in [5.74, 6) is -0.160. The molecule has 1 rings (SSSR count). The van der Waals surface area contributed by atoms with Crippen molar-refractivity contribution in [1.82, 2.24) is 4.90 Å². The van der Waals surface area contributed by atoms with E-state index in [4.69, 9.17) is 4.74 Å². The molecule has 0 spiro atoms. The second kappa shape index (κ2) is 7.85. The van der Waals surface area contributed by atoms with E-state index >= 15 is 0 Å². The summed E-state index contributed by atoms with van der Waals surface area (Å²) < 4.78 is 5.20. The average Bonchev–Trinajstić information content (AvgIpc) is 2.35. The molecule has 0 radical (unpaired) electrons. The van der Waals surface area contributed by atoms with Gasteiger partial charge in [0.25, 0.3) is 0 Å². The van der Waals surface area contributed by atoms with Crippen LogP contribution in [0.4, 0.5) is 0 Å². The summed E-state index contributed by atoms with van der Waals surface area (Å²) >= 11 is 0. The fourth-order valence-corrected chi connectivity index (χ4v) is 1.51. The molecule has 0 heterocycles. The summed E-state index contributed by atoms with van der Waals surface area (Å²) in [5.41, 5.74) is 1.03. The Labute approximate surface area is 103 Å². The Morgan fingerprint density at radius 1 is 1.29 bits per heavy atom. The molecule has 0 aliphatic heterocycles. The van der Waals surface area contributed by atoms with Gasteiger partial charge in [-0.3, -0.25) is 9.69 Å². The fraction of sp³-hybridized carbons (Fsp3) is 0.500. The van der Waals surface area contributed by atoms with Crippen LogP contribution in [0.15, 0.2) is 30.3 Å². The zero-order valence-electron chi connectivity index (χ0n) is 10.7. The van der Waals surface area contributed by atoms with Gasteiger partial charge in [0.05, 0.1) is 6.54 Å². The van der Waals surface area contributed by atoms with Crippen LogP contribution in [0.5, 0.6) is 0 Å². The van der Waals surface area contributed by atoms with Crippen molar-refractivity contribution in [2.75, 3.05) is 20.1 Å². The molecular formula is C14H21NO2. The highest BCUT2D eigenvalue weighted by Crippen LogP contribution is 2.01. The number of unbranched alkanes of at least 4 members (excludes halogenated alkanes) is 1. The first kappa shape index (κ1) is 13.7. The first-order valence-corrected chi connectivity index (χ1v) is 6.10. The van der Waals surface area contributed by atoms with E-state index in [1.54, 1.807) is 0 Å². The van der Waals surface area contributed by atoms with Crippen molar-refractivity contribution in [3.8, 4) is 0 Å². The van der Waals surface area contributed by atoms with E-state index < -0.39 is 0 Å². The first-order valence-electron chi connectivity index (χ1n) is 6.10. The number of rotatable bonds is 7. The van der Waals surface area contributed by atoms with E-state index in [-0.39, 0.29) is 5.97 Å². The van der Waals surface area contributed by atoms with Gasteiger partial charge in [-0.15, -0.1) is 0 Å². The number of likely N-dealkylation sites (N-methyl/N-ethyl adjacent to an activating group) is 1. The predicted molar refractivity (Wildman–Crippen MR) is 68.6 cm³/mol. The molecule has 17 heavy (non-hydrogen) atoms. The normalized spacial score (nSPS) is 10.5. The molecule has 0 amide bonds. The predicted octanol–water partition coefficient (Wildman–Crippen LogP) is 2.46. The number of hydrogen-bond donors (Lipinski definition) is 0. The van der Waals surface area contributed by atoms with Crippen molar-refractivity contribution >= 4 is 5.97 Å². The van der Waals surface area contributed by atoms with Gasteiger partial charge in [-0.1, -0.05) is 43.7 Å². The Morgan fingerprint density at radius 2 is 2.00 bits per heavy atom. The molecule has 0 fully saturated rings. The maximum Gasteiger partial charge on any atom is 0.320 e. The van der Waals surface area contributed by atoms with Crippen LogP contribution in [0.25, 0.3) is 0 Å². The van der Waals surface area contributed by atoms with Crippen molar-refractivity contribution in [1.29, 1.82) is 0 Å². The lowest BCUT2D eigenvalue weighted by Gasteiger charge is -2.15. The third kappa shape index (κ3) is 6.07. The number of esters is 1. The van der Waals surface area contributed by atoms with Crippen LogP contribution in [0.1, 0.15) is 25.3 Å². The second-order valence-corrected chi connectivity index (χ2v) is 4.24. The lowest BCUT2D eigenvalue weighted by molar-refractivity contribution is -0.145. The summed E-state index contributed by atoms with van der Waals surface area (Å²) in [4.78, 5) is 13.5. The summed E-state index contributed by atoms with van der Waals surface area (Å²) in [7, 11) is 1.94. The van der Waals surface area contributed by atoms with Gasteiger partial charge in [0.1, 0.15) is 6.61 Å². The molecule has 94 valence electrons. The van der Waals surface area contributed by atoms with E-state index in [9.17, 15) is 4.79 Å². The maximum atomic E-state index is 11.5. The topological polar surface area (TPSA) is 29.5 Å². The molecule has 0 N–H and O–H groups in total. The Kier molecular flexibility index (Phi) is 6.33. The largest absolute Gasteiger partial charge is 0.460 e. The lowest BCUT2D eigenvalue weighted by Crippen LogP contribution is -2.28. The number of hydrogen-bond acceptors (Lipinski definition) is 3. The van der Waals surface area contributed by atoms with Crippen LogP contribution in [-0.4, -0.2) is 31.0 Å². The molecule has 0 bridgehead atoms. The molecule has 1 aromatic rings. The maximum absolute atomic E-state index is 11.5. The van der Waals surface area contributed by atoms with Gasteiger partial charge >= 0.3 is 5.97 Å². The SMILES string of the molecule is CCCCN(C)CC(=O)OCc1ccccc1. The van der Waals surface area contributed by atoms with E-state index in [1.165, 1.54) is 0 Å². The molecule has 1 aromatic carbocycles. The monoisotopic (exact) mass is 235 g/mol. The Balaban J connectivity index is 2.21. The van der Waals surface area contributed by atoms with Crippen molar-refractivity contribution in [3.63, 3.8) is 0 Å². The number of benzene rings is 1. The van der Waals surface area contributed by atoms with Crippen molar-refractivity contribution in [2.24, 2.45) is 0 Å². The molecular weight excluding hydrogens is 214 g/mol. The van der Waals surface area contributed by atoms with Crippen LogP contribution in [0.2, 0.25) is 0 Å². The third-order valence-electron chi connectivity index (χ3n) is 2.54. The van der Waals surface area contributed by atoms with Crippen molar-refractivity contribution < 1.29 is 9.53 Å². The summed E-state index contributed by atoms with van der Waals surface area (Å²) in [6, 6.07) is 9.74. The minimum absolute atomic E-state index is 0.160. The number of ether oxygens (including phenoxy) is 1. The van der Waals surface area contributed by atoms with Gasteiger partial charge in [0, 0.05) is 0 Å². The zero-order valence-corrected chi connectivity index (χ0v) is 10.7. The number of carbonyl (C=O) groups is 1. The van der Waals surface area contributed by atoms with E-state index in [1.807, 2.05) is 42.3 Å². The average molecular weight is 235 g/mol. The van der Waals surface area contributed by atoms with Gasteiger partial charge in [0.2, 0.25) is 0 Å². The number of nitrogens with zero attached hydrogens (tertiary/aromatic N) is 1. The van der Waals surface area contributed by atoms with Crippen molar-refractivity contribution in [2.45, 2.75) is 26.4 Å².